The maximum absolute atomic E-state index is 2.55. The molecule has 0 N–H and O–H groups in total. The van der Waals surface area contributed by atoms with E-state index in [9.17, 15) is 0 Å². The zero-order valence-electron chi connectivity index (χ0n) is 36.8. The summed E-state index contributed by atoms with van der Waals surface area (Å²) in [6.07, 6.45) is 12.2. The average molecular weight is 803 g/mol. The SMILES string of the molecule is C/C=C(/c1ccc2c(c1)C(C)(C)c1cc(N(c3ccc(-c4ccccc4)cc3)c3cccc(C4=CC=CCC4)c3)ccc1-2)c1c(CC)c2cccc3c4ccccc4n1c23.CC. The number of benzene rings is 7. The number of nitrogens with zero attached hydrogens (tertiary/aromatic N) is 2. The molecule has 304 valence electrons. The fourth-order valence-electron chi connectivity index (χ4n) is 10.4. The number of para-hydroxylation sites is 2. The van der Waals surface area contributed by atoms with Crippen LogP contribution in [0.4, 0.5) is 17.1 Å². The van der Waals surface area contributed by atoms with E-state index in [1.807, 2.05) is 13.8 Å². The van der Waals surface area contributed by atoms with E-state index in [0.717, 1.165) is 36.3 Å². The average Bonchev–Trinajstić information content (AvgIpc) is 3.93. The second kappa shape index (κ2) is 15.9. The molecule has 0 saturated heterocycles. The molecule has 7 aromatic carbocycles. The minimum absolute atomic E-state index is 0.215. The highest BCUT2D eigenvalue weighted by Gasteiger charge is 2.37. The molecule has 2 aromatic heterocycles. The molecule has 0 atom stereocenters. The van der Waals surface area contributed by atoms with Gasteiger partial charge in [0.15, 0.2) is 0 Å². The van der Waals surface area contributed by atoms with Gasteiger partial charge in [-0.25, -0.2) is 0 Å². The molecule has 0 aliphatic heterocycles. The summed E-state index contributed by atoms with van der Waals surface area (Å²) in [5, 5.41) is 4.01. The van der Waals surface area contributed by atoms with Crippen LogP contribution in [0.25, 0.3) is 60.6 Å². The molecule has 2 nitrogen and oxygen atoms in total. The van der Waals surface area contributed by atoms with E-state index in [1.54, 1.807) is 0 Å². The minimum atomic E-state index is -0.215. The second-order valence-electron chi connectivity index (χ2n) is 17.0. The number of anilines is 3. The van der Waals surface area contributed by atoms with Crippen molar-refractivity contribution in [2.24, 2.45) is 0 Å². The predicted molar refractivity (Wildman–Crippen MR) is 268 cm³/mol. The van der Waals surface area contributed by atoms with Crippen molar-refractivity contribution in [3.8, 4) is 22.3 Å². The Labute approximate surface area is 367 Å². The highest BCUT2D eigenvalue weighted by Crippen LogP contribution is 2.52. The molecule has 2 heterocycles. The summed E-state index contributed by atoms with van der Waals surface area (Å²) in [7, 11) is 0. The van der Waals surface area contributed by atoms with E-state index in [1.165, 1.54) is 94.1 Å². The van der Waals surface area contributed by atoms with Gasteiger partial charge in [0.05, 0.1) is 16.7 Å². The number of hydrogen-bond acceptors (Lipinski definition) is 1. The number of aryl methyl sites for hydroxylation is 1. The molecule has 62 heavy (non-hydrogen) atoms. The Morgan fingerprint density at radius 1 is 0.629 bits per heavy atom. The summed E-state index contributed by atoms with van der Waals surface area (Å²) < 4.78 is 2.55. The molecule has 0 amide bonds. The number of rotatable bonds is 8. The third-order valence-electron chi connectivity index (χ3n) is 13.4. The van der Waals surface area contributed by atoms with Gasteiger partial charge in [-0.1, -0.05) is 168 Å². The molecule has 0 radical (unpaired) electrons. The van der Waals surface area contributed by atoms with Gasteiger partial charge in [0.2, 0.25) is 0 Å². The normalized spacial score (nSPS) is 14.2. The van der Waals surface area contributed by atoms with Gasteiger partial charge in [-0.3, -0.25) is 0 Å². The largest absolute Gasteiger partial charge is 0.310 e. The first-order valence-corrected chi connectivity index (χ1v) is 22.6. The standard InChI is InChI=1S/C58H48N2.C2H6/c1-5-46(56-47(6-2)51-24-16-25-52-50-23-13-14-26-55(50)60(56)57(51)52)42-29-33-48-49-34-32-45(37-54(49)58(3,4)53(48)36-42)59(43-30-27-40(28-31-43)38-17-9-7-10-18-38)44-22-15-21-41(35-44)39-19-11-8-12-20-39;1-2/h5,7-11,13-19,21-37H,6,12,20H2,1-4H3;1-2H3/b46-5-;. The first kappa shape index (κ1) is 39.2. The quantitative estimate of drug-likeness (QED) is 0.148. The van der Waals surface area contributed by atoms with Crippen LogP contribution in [0.5, 0.6) is 0 Å². The van der Waals surface area contributed by atoms with Crippen LogP contribution < -0.4 is 4.90 Å². The Kier molecular flexibility index (Phi) is 10.0. The zero-order valence-corrected chi connectivity index (χ0v) is 36.8. The maximum Gasteiger partial charge on any atom is 0.0617 e. The maximum atomic E-state index is 2.55. The summed E-state index contributed by atoms with van der Waals surface area (Å²) in [5.74, 6) is 0. The lowest BCUT2D eigenvalue weighted by Crippen LogP contribution is -2.17. The zero-order chi connectivity index (χ0) is 42.5. The summed E-state index contributed by atoms with van der Waals surface area (Å²) in [4.78, 5) is 2.44. The third kappa shape index (κ3) is 6.23. The third-order valence-corrected chi connectivity index (χ3v) is 13.4. The smallest absolute Gasteiger partial charge is 0.0617 e. The molecule has 0 saturated carbocycles. The Morgan fingerprint density at radius 3 is 2.03 bits per heavy atom. The molecule has 2 aliphatic carbocycles. The molecule has 0 fully saturated rings. The van der Waals surface area contributed by atoms with Crippen molar-refractivity contribution in [1.29, 1.82) is 0 Å². The molecular formula is C60H54N2. The molecular weight excluding hydrogens is 749 g/mol. The Hall–Kier alpha value is -6.90. The van der Waals surface area contributed by atoms with Crippen molar-refractivity contribution < 1.29 is 0 Å². The summed E-state index contributed by atoms with van der Waals surface area (Å²) in [5.41, 5.74) is 21.6. The Balaban J connectivity index is 0.00000226. The topological polar surface area (TPSA) is 7.65 Å². The van der Waals surface area contributed by atoms with Crippen molar-refractivity contribution in [2.75, 3.05) is 4.90 Å². The van der Waals surface area contributed by atoms with E-state index in [2.05, 4.69) is 219 Å². The van der Waals surface area contributed by atoms with Crippen LogP contribution in [0.3, 0.4) is 0 Å². The van der Waals surface area contributed by atoms with Crippen LogP contribution in [0.2, 0.25) is 0 Å². The van der Waals surface area contributed by atoms with E-state index < -0.39 is 0 Å². The second-order valence-corrected chi connectivity index (χ2v) is 17.0. The number of aromatic nitrogens is 1. The van der Waals surface area contributed by atoms with Crippen molar-refractivity contribution in [3.05, 3.63) is 216 Å². The van der Waals surface area contributed by atoms with Gasteiger partial charge in [0.25, 0.3) is 0 Å². The Bertz CT molecular complexity index is 3210. The number of hydrogen-bond donors (Lipinski definition) is 0. The number of fused-ring (bicyclic) bond motifs is 6. The monoisotopic (exact) mass is 802 g/mol. The summed E-state index contributed by atoms with van der Waals surface area (Å²) in [6.45, 7) is 13.3. The van der Waals surface area contributed by atoms with Gasteiger partial charge in [-0.05, 0) is 130 Å². The van der Waals surface area contributed by atoms with E-state index in [-0.39, 0.29) is 5.41 Å². The van der Waals surface area contributed by atoms with E-state index in [4.69, 9.17) is 0 Å². The molecule has 9 aromatic rings. The minimum Gasteiger partial charge on any atom is -0.310 e. The van der Waals surface area contributed by atoms with Crippen LogP contribution >= 0.6 is 0 Å². The van der Waals surface area contributed by atoms with Gasteiger partial charge >= 0.3 is 0 Å². The Morgan fingerprint density at radius 2 is 1.27 bits per heavy atom. The van der Waals surface area contributed by atoms with Gasteiger partial charge < -0.3 is 9.30 Å². The molecule has 11 rings (SSSR count). The van der Waals surface area contributed by atoms with Crippen LogP contribution in [-0.4, -0.2) is 4.40 Å². The first-order chi connectivity index (χ1) is 30.4. The highest BCUT2D eigenvalue weighted by atomic mass is 15.1. The highest BCUT2D eigenvalue weighted by molar-refractivity contribution is 6.17. The van der Waals surface area contributed by atoms with Crippen LogP contribution in [0.15, 0.2) is 182 Å². The van der Waals surface area contributed by atoms with Gasteiger partial charge in [-0.2, -0.15) is 0 Å². The lowest BCUT2D eigenvalue weighted by atomic mass is 9.81. The molecule has 2 aliphatic rings. The van der Waals surface area contributed by atoms with Crippen molar-refractivity contribution in [3.63, 3.8) is 0 Å². The van der Waals surface area contributed by atoms with E-state index >= 15 is 0 Å². The summed E-state index contributed by atoms with van der Waals surface area (Å²) in [6, 6.07) is 58.9. The van der Waals surface area contributed by atoms with Crippen molar-refractivity contribution in [1.82, 2.24) is 4.40 Å². The van der Waals surface area contributed by atoms with Crippen molar-refractivity contribution in [2.45, 2.75) is 66.2 Å². The fraction of sp³-hybridized carbons (Fsp3) is 0.167. The molecule has 0 spiro atoms. The lowest BCUT2D eigenvalue weighted by molar-refractivity contribution is 0.660. The van der Waals surface area contributed by atoms with Crippen LogP contribution in [0.1, 0.15) is 87.9 Å². The van der Waals surface area contributed by atoms with Crippen LogP contribution in [-0.2, 0) is 11.8 Å². The predicted octanol–water partition coefficient (Wildman–Crippen LogP) is 16.9. The molecule has 2 heteroatoms. The van der Waals surface area contributed by atoms with Gasteiger partial charge in [0, 0.05) is 44.2 Å². The summed E-state index contributed by atoms with van der Waals surface area (Å²) >= 11 is 0. The fourth-order valence-corrected chi connectivity index (χ4v) is 10.4. The lowest BCUT2D eigenvalue weighted by Gasteiger charge is -2.29. The first-order valence-electron chi connectivity index (χ1n) is 22.6. The number of allylic oxidation sites excluding steroid dienone is 5. The van der Waals surface area contributed by atoms with E-state index in [0.29, 0.717) is 0 Å². The van der Waals surface area contributed by atoms with Crippen LogP contribution in [0, 0.1) is 0 Å². The molecule has 0 unspecified atom stereocenters. The van der Waals surface area contributed by atoms with Gasteiger partial charge in [0.1, 0.15) is 0 Å². The van der Waals surface area contributed by atoms with Crippen molar-refractivity contribution >= 4 is 55.4 Å². The van der Waals surface area contributed by atoms with Gasteiger partial charge in [-0.15, -0.1) is 0 Å². The molecule has 0 bridgehead atoms.